The van der Waals surface area contributed by atoms with Crippen LogP contribution in [0.2, 0.25) is 0 Å². The van der Waals surface area contributed by atoms with Crippen molar-refractivity contribution in [3.63, 3.8) is 0 Å². The number of thiazole rings is 1. The molecule has 0 aliphatic carbocycles. The fourth-order valence-corrected chi connectivity index (χ4v) is 2.79. The molecule has 1 fully saturated rings. The Labute approximate surface area is 102 Å². The fraction of sp³-hybridized carbons (Fsp3) is 0.750. The van der Waals surface area contributed by atoms with Gasteiger partial charge in [0.25, 0.3) is 0 Å². The lowest BCUT2D eigenvalue weighted by Crippen LogP contribution is -2.40. The number of rotatable bonds is 5. The van der Waals surface area contributed by atoms with Gasteiger partial charge in [-0.25, -0.2) is 0 Å². The SMILES string of the molecule is CC(C)N(Cc1cncs1)CC1CCCN1. The lowest BCUT2D eigenvalue weighted by molar-refractivity contribution is 0.195. The van der Waals surface area contributed by atoms with Crippen LogP contribution in [0.5, 0.6) is 0 Å². The Hall–Kier alpha value is -0.450. The van der Waals surface area contributed by atoms with E-state index < -0.39 is 0 Å². The van der Waals surface area contributed by atoms with Gasteiger partial charge in [-0.15, -0.1) is 11.3 Å². The lowest BCUT2D eigenvalue weighted by atomic mass is 10.2. The average molecular weight is 239 g/mol. The van der Waals surface area contributed by atoms with E-state index in [0.717, 1.165) is 13.1 Å². The van der Waals surface area contributed by atoms with Crippen LogP contribution in [0.4, 0.5) is 0 Å². The van der Waals surface area contributed by atoms with Gasteiger partial charge in [0.1, 0.15) is 0 Å². The summed E-state index contributed by atoms with van der Waals surface area (Å²) in [6, 6.07) is 1.29. The van der Waals surface area contributed by atoms with Gasteiger partial charge in [0.05, 0.1) is 5.51 Å². The van der Waals surface area contributed by atoms with Gasteiger partial charge < -0.3 is 5.32 Å². The molecule has 90 valence electrons. The van der Waals surface area contributed by atoms with Crippen molar-refractivity contribution < 1.29 is 0 Å². The molecule has 0 spiro atoms. The number of nitrogens with one attached hydrogen (secondary N) is 1. The predicted molar refractivity (Wildman–Crippen MR) is 68.7 cm³/mol. The van der Waals surface area contributed by atoms with Crippen molar-refractivity contribution in [2.75, 3.05) is 13.1 Å². The summed E-state index contributed by atoms with van der Waals surface area (Å²) in [5.41, 5.74) is 1.92. The predicted octanol–water partition coefficient (Wildman–Crippen LogP) is 2.11. The highest BCUT2D eigenvalue weighted by atomic mass is 32.1. The second-order valence-electron chi connectivity index (χ2n) is 4.78. The first kappa shape index (κ1) is 12.0. The van der Waals surface area contributed by atoms with Gasteiger partial charge in [-0.3, -0.25) is 9.88 Å². The highest BCUT2D eigenvalue weighted by Crippen LogP contribution is 2.15. The number of hydrogen-bond donors (Lipinski definition) is 1. The monoisotopic (exact) mass is 239 g/mol. The number of hydrogen-bond acceptors (Lipinski definition) is 4. The molecule has 0 aromatic carbocycles. The molecule has 1 aliphatic rings. The van der Waals surface area contributed by atoms with Crippen LogP contribution in [-0.2, 0) is 6.54 Å². The maximum Gasteiger partial charge on any atom is 0.0794 e. The van der Waals surface area contributed by atoms with Crippen LogP contribution in [0, 0.1) is 0 Å². The molecule has 1 aliphatic heterocycles. The Bertz CT molecular complexity index is 291. The first-order valence-electron chi connectivity index (χ1n) is 6.10. The third kappa shape index (κ3) is 3.27. The maximum atomic E-state index is 4.14. The molecule has 1 aromatic rings. The first-order valence-corrected chi connectivity index (χ1v) is 6.98. The molecule has 2 rings (SSSR count). The molecule has 1 unspecified atom stereocenters. The largest absolute Gasteiger partial charge is 0.313 e. The van der Waals surface area contributed by atoms with E-state index in [-0.39, 0.29) is 0 Å². The Morgan fingerprint density at radius 1 is 1.62 bits per heavy atom. The molecule has 1 saturated heterocycles. The van der Waals surface area contributed by atoms with E-state index in [1.807, 2.05) is 11.7 Å². The Balaban J connectivity index is 1.89. The molecule has 16 heavy (non-hydrogen) atoms. The van der Waals surface area contributed by atoms with Crippen LogP contribution in [0.3, 0.4) is 0 Å². The molecule has 1 aromatic heterocycles. The van der Waals surface area contributed by atoms with Crippen molar-refractivity contribution in [1.82, 2.24) is 15.2 Å². The van der Waals surface area contributed by atoms with Gasteiger partial charge in [0.15, 0.2) is 0 Å². The van der Waals surface area contributed by atoms with Crippen molar-refractivity contribution in [3.05, 3.63) is 16.6 Å². The standard InChI is InChI=1S/C12H21N3S/c1-10(2)15(7-11-4-3-5-14-11)8-12-6-13-9-16-12/h6,9-11,14H,3-5,7-8H2,1-2H3. The lowest BCUT2D eigenvalue weighted by Gasteiger charge is -2.28. The van der Waals surface area contributed by atoms with E-state index >= 15 is 0 Å². The minimum atomic E-state index is 0.601. The van der Waals surface area contributed by atoms with Crippen LogP contribution < -0.4 is 5.32 Å². The van der Waals surface area contributed by atoms with E-state index in [1.54, 1.807) is 11.3 Å². The zero-order valence-electron chi connectivity index (χ0n) is 10.1. The van der Waals surface area contributed by atoms with E-state index in [0.29, 0.717) is 12.1 Å². The first-order chi connectivity index (χ1) is 7.75. The van der Waals surface area contributed by atoms with Gasteiger partial charge >= 0.3 is 0 Å². The summed E-state index contributed by atoms with van der Waals surface area (Å²) >= 11 is 1.75. The topological polar surface area (TPSA) is 28.2 Å². The van der Waals surface area contributed by atoms with Crippen LogP contribution >= 0.6 is 11.3 Å². The van der Waals surface area contributed by atoms with Crippen LogP contribution in [0.25, 0.3) is 0 Å². The van der Waals surface area contributed by atoms with Crippen molar-refractivity contribution in [2.45, 2.75) is 45.3 Å². The third-order valence-corrected chi connectivity index (χ3v) is 3.95. The molecule has 0 bridgehead atoms. The van der Waals surface area contributed by atoms with Gasteiger partial charge in [-0.05, 0) is 33.2 Å². The summed E-state index contributed by atoms with van der Waals surface area (Å²) < 4.78 is 0. The molecular weight excluding hydrogens is 218 g/mol. The Kier molecular flexibility index (Phi) is 4.32. The van der Waals surface area contributed by atoms with E-state index in [1.165, 1.54) is 24.3 Å². The minimum Gasteiger partial charge on any atom is -0.313 e. The van der Waals surface area contributed by atoms with Gasteiger partial charge in [-0.2, -0.15) is 0 Å². The second-order valence-corrected chi connectivity index (χ2v) is 5.76. The van der Waals surface area contributed by atoms with Gasteiger partial charge in [0.2, 0.25) is 0 Å². The van der Waals surface area contributed by atoms with E-state index in [9.17, 15) is 0 Å². The fourth-order valence-electron chi connectivity index (χ4n) is 2.17. The van der Waals surface area contributed by atoms with E-state index in [2.05, 4.69) is 29.0 Å². The molecule has 3 nitrogen and oxygen atoms in total. The smallest absolute Gasteiger partial charge is 0.0794 e. The zero-order chi connectivity index (χ0) is 11.4. The molecular formula is C12H21N3S. The molecule has 4 heteroatoms. The quantitative estimate of drug-likeness (QED) is 0.853. The number of nitrogens with zero attached hydrogens (tertiary/aromatic N) is 2. The summed E-state index contributed by atoms with van der Waals surface area (Å²) in [5.74, 6) is 0. The molecule has 2 heterocycles. The number of aromatic nitrogens is 1. The van der Waals surface area contributed by atoms with Crippen molar-refractivity contribution in [1.29, 1.82) is 0 Å². The Morgan fingerprint density at radius 3 is 3.06 bits per heavy atom. The summed E-state index contributed by atoms with van der Waals surface area (Å²) in [5, 5.41) is 3.57. The minimum absolute atomic E-state index is 0.601. The highest BCUT2D eigenvalue weighted by Gasteiger charge is 2.19. The van der Waals surface area contributed by atoms with Crippen molar-refractivity contribution in [2.24, 2.45) is 0 Å². The highest BCUT2D eigenvalue weighted by molar-refractivity contribution is 7.09. The maximum absolute atomic E-state index is 4.14. The second kappa shape index (κ2) is 5.75. The van der Waals surface area contributed by atoms with Crippen LogP contribution in [0.15, 0.2) is 11.7 Å². The van der Waals surface area contributed by atoms with Crippen LogP contribution in [-0.4, -0.2) is 35.1 Å². The molecule has 0 radical (unpaired) electrons. The van der Waals surface area contributed by atoms with E-state index in [4.69, 9.17) is 0 Å². The zero-order valence-corrected chi connectivity index (χ0v) is 11.0. The van der Waals surface area contributed by atoms with Crippen molar-refractivity contribution in [3.8, 4) is 0 Å². The average Bonchev–Trinajstić information content (AvgIpc) is 2.88. The summed E-state index contributed by atoms with van der Waals surface area (Å²) in [4.78, 5) is 8.05. The van der Waals surface area contributed by atoms with Crippen LogP contribution in [0.1, 0.15) is 31.6 Å². The molecule has 0 amide bonds. The summed E-state index contributed by atoms with van der Waals surface area (Å²) in [6.45, 7) is 7.94. The molecule has 1 N–H and O–H groups in total. The van der Waals surface area contributed by atoms with Crippen molar-refractivity contribution >= 4 is 11.3 Å². The normalized spacial score (nSPS) is 21.1. The van der Waals surface area contributed by atoms with Gasteiger partial charge in [-0.1, -0.05) is 0 Å². The Morgan fingerprint density at radius 2 is 2.50 bits per heavy atom. The summed E-state index contributed by atoms with van der Waals surface area (Å²) in [6.07, 6.45) is 4.64. The van der Waals surface area contributed by atoms with Gasteiger partial charge in [0, 0.05) is 36.2 Å². The summed E-state index contributed by atoms with van der Waals surface area (Å²) in [7, 11) is 0. The molecule has 1 atom stereocenters. The third-order valence-electron chi connectivity index (χ3n) is 3.19. The molecule has 0 saturated carbocycles.